The lowest BCUT2D eigenvalue weighted by Crippen LogP contribution is -2.00. The lowest BCUT2D eigenvalue weighted by Gasteiger charge is -2.11. The Labute approximate surface area is 98.9 Å². The number of nitrogens with two attached hydrogens (primary N) is 1. The third kappa shape index (κ3) is 1.45. The molecule has 0 amide bonds. The first-order valence-electron chi connectivity index (χ1n) is 5.65. The van der Waals surface area contributed by atoms with Crippen molar-refractivity contribution in [3.63, 3.8) is 0 Å². The first-order valence-corrected chi connectivity index (χ1v) is 6.53. The van der Waals surface area contributed by atoms with Crippen LogP contribution in [0, 0.1) is 0 Å². The molecular formula is C12H15N3S. The number of rotatable bonds is 1. The maximum atomic E-state index is 5.83. The van der Waals surface area contributed by atoms with Crippen LogP contribution in [0.3, 0.4) is 0 Å². The Hall–Kier alpha value is -1.29. The molecule has 1 aliphatic carbocycles. The molecule has 16 heavy (non-hydrogen) atoms. The smallest absolute Gasteiger partial charge is 0.121 e. The Morgan fingerprint density at radius 2 is 2.19 bits per heavy atom. The van der Waals surface area contributed by atoms with E-state index in [4.69, 9.17) is 5.73 Å². The van der Waals surface area contributed by atoms with E-state index in [2.05, 4.69) is 10.5 Å². The van der Waals surface area contributed by atoms with Crippen LogP contribution in [0.1, 0.15) is 23.3 Å². The van der Waals surface area contributed by atoms with E-state index >= 15 is 0 Å². The molecule has 2 heterocycles. The Morgan fingerprint density at radius 3 is 2.94 bits per heavy atom. The number of hydrogen-bond acceptors (Lipinski definition) is 3. The molecule has 2 aromatic heterocycles. The van der Waals surface area contributed by atoms with Crippen molar-refractivity contribution in [2.75, 3.05) is 5.73 Å². The number of aromatic nitrogens is 2. The summed E-state index contributed by atoms with van der Waals surface area (Å²) in [7, 11) is 1.89. The summed E-state index contributed by atoms with van der Waals surface area (Å²) < 4.78 is 1.74. The van der Waals surface area contributed by atoms with Gasteiger partial charge in [0.25, 0.3) is 0 Å². The average molecular weight is 233 g/mol. The van der Waals surface area contributed by atoms with Crippen LogP contribution in [0.4, 0.5) is 5.82 Å². The highest BCUT2D eigenvalue weighted by Crippen LogP contribution is 2.36. The molecule has 0 aliphatic heterocycles. The van der Waals surface area contributed by atoms with Crippen molar-refractivity contribution < 1.29 is 0 Å². The van der Waals surface area contributed by atoms with Crippen LogP contribution < -0.4 is 5.73 Å². The molecule has 3 rings (SSSR count). The van der Waals surface area contributed by atoms with Gasteiger partial charge in [0.1, 0.15) is 5.82 Å². The van der Waals surface area contributed by atoms with E-state index in [1.165, 1.54) is 36.8 Å². The quantitative estimate of drug-likeness (QED) is 0.822. The van der Waals surface area contributed by atoms with E-state index in [1.54, 1.807) is 9.56 Å². The van der Waals surface area contributed by atoms with Gasteiger partial charge in [-0.05, 0) is 31.2 Å². The van der Waals surface area contributed by atoms with Gasteiger partial charge in [-0.3, -0.25) is 4.68 Å². The second-order valence-electron chi connectivity index (χ2n) is 4.34. The van der Waals surface area contributed by atoms with Crippen LogP contribution in [0.2, 0.25) is 0 Å². The van der Waals surface area contributed by atoms with Crippen molar-refractivity contribution >= 4 is 17.2 Å². The lowest BCUT2D eigenvalue weighted by atomic mass is 9.95. The topological polar surface area (TPSA) is 43.8 Å². The molecule has 0 fully saturated rings. The van der Waals surface area contributed by atoms with Crippen molar-refractivity contribution in [3.8, 4) is 11.3 Å². The molecule has 0 aromatic carbocycles. The Bertz CT molecular complexity index is 505. The van der Waals surface area contributed by atoms with Crippen LogP contribution in [-0.2, 0) is 19.9 Å². The Morgan fingerprint density at radius 1 is 1.38 bits per heavy atom. The van der Waals surface area contributed by atoms with Crippen LogP contribution in [0.5, 0.6) is 0 Å². The highest BCUT2D eigenvalue weighted by atomic mass is 32.1. The molecule has 2 aromatic rings. The fourth-order valence-electron chi connectivity index (χ4n) is 2.32. The zero-order chi connectivity index (χ0) is 11.1. The lowest BCUT2D eigenvalue weighted by molar-refractivity contribution is 0.697. The van der Waals surface area contributed by atoms with Crippen molar-refractivity contribution in [1.82, 2.24) is 9.78 Å². The predicted molar refractivity (Wildman–Crippen MR) is 67.6 cm³/mol. The van der Waals surface area contributed by atoms with Crippen molar-refractivity contribution in [2.24, 2.45) is 7.05 Å². The van der Waals surface area contributed by atoms with Gasteiger partial charge >= 0.3 is 0 Å². The van der Waals surface area contributed by atoms with E-state index in [0.29, 0.717) is 0 Å². The molecule has 0 spiro atoms. The number of hydrogen-bond donors (Lipinski definition) is 1. The summed E-state index contributed by atoms with van der Waals surface area (Å²) >= 11 is 1.87. The monoisotopic (exact) mass is 233 g/mol. The maximum Gasteiger partial charge on any atom is 0.121 e. The fourth-order valence-corrected chi connectivity index (χ4v) is 3.46. The minimum Gasteiger partial charge on any atom is -0.384 e. The van der Waals surface area contributed by atoms with Gasteiger partial charge in [-0.2, -0.15) is 5.10 Å². The number of nitrogen functional groups attached to an aromatic ring is 1. The van der Waals surface area contributed by atoms with E-state index < -0.39 is 0 Å². The number of anilines is 1. The van der Waals surface area contributed by atoms with Gasteiger partial charge in [0, 0.05) is 28.9 Å². The van der Waals surface area contributed by atoms with Gasteiger partial charge in [0.15, 0.2) is 0 Å². The summed E-state index contributed by atoms with van der Waals surface area (Å²) in [5.74, 6) is 0.728. The van der Waals surface area contributed by atoms with Gasteiger partial charge in [0.2, 0.25) is 0 Å². The summed E-state index contributed by atoms with van der Waals surface area (Å²) in [5.41, 5.74) is 9.66. The van der Waals surface area contributed by atoms with Gasteiger partial charge < -0.3 is 5.73 Å². The standard InChI is InChI=1S/C12H15N3S/c1-15-12(13)6-10(14-15)9-7-16-11-5-3-2-4-8(9)11/h6-7H,2-5,13H2,1H3. The first kappa shape index (κ1) is 9.90. The zero-order valence-electron chi connectivity index (χ0n) is 9.36. The highest BCUT2D eigenvalue weighted by Gasteiger charge is 2.18. The number of aryl methyl sites for hydroxylation is 2. The molecule has 2 N–H and O–H groups in total. The van der Waals surface area contributed by atoms with Crippen LogP contribution in [0.25, 0.3) is 11.3 Å². The summed E-state index contributed by atoms with van der Waals surface area (Å²) in [6, 6.07) is 1.97. The molecule has 3 nitrogen and oxygen atoms in total. The van der Waals surface area contributed by atoms with Crippen molar-refractivity contribution in [2.45, 2.75) is 25.7 Å². The van der Waals surface area contributed by atoms with Crippen LogP contribution in [0.15, 0.2) is 11.4 Å². The minimum absolute atomic E-state index is 0.728. The molecule has 0 atom stereocenters. The SMILES string of the molecule is Cn1nc(-c2csc3c2CCCC3)cc1N. The molecule has 0 saturated carbocycles. The second kappa shape index (κ2) is 3.63. The molecule has 1 aliphatic rings. The molecule has 0 bridgehead atoms. The molecule has 4 heteroatoms. The van der Waals surface area contributed by atoms with Gasteiger partial charge in [-0.1, -0.05) is 0 Å². The third-order valence-electron chi connectivity index (χ3n) is 3.25. The van der Waals surface area contributed by atoms with E-state index in [9.17, 15) is 0 Å². The Balaban J connectivity index is 2.09. The minimum atomic E-state index is 0.728. The average Bonchev–Trinajstić information content (AvgIpc) is 2.83. The van der Waals surface area contributed by atoms with E-state index in [1.807, 2.05) is 24.5 Å². The number of fused-ring (bicyclic) bond motifs is 1. The molecule has 84 valence electrons. The molecule has 0 radical (unpaired) electrons. The molecule has 0 saturated heterocycles. The summed E-state index contributed by atoms with van der Waals surface area (Å²) in [6.45, 7) is 0. The summed E-state index contributed by atoms with van der Waals surface area (Å²) in [6.07, 6.45) is 5.07. The van der Waals surface area contributed by atoms with Crippen molar-refractivity contribution in [1.29, 1.82) is 0 Å². The number of thiophene rings is 1. The van der Waals surface area contributed by atoms with Gasteiger partial charge in [0.05, 0.1) is 5.69 Å². The fraction of sp³-hybridized carbons (Fsp3) is 0.417. The number of nitrogens with zero attached hydrogens (tertiary/aromatic N) is 2. The largest absolute Gasteiger partial charge is 0.384 e. The van der Waals surface area contributed by atoms with Crippen LogP contribution >= 0.6 is 11.3 Å². The Kier molecular flexibility index (Phi) is 2.24. The first-order chi connectivity index (χ1) is 7.75. The van der Waals surface area contributed by atoms with E-state index in [0.717, 1.165) is 11.5 Å². The summed E-state index contributed by atoms with van der Waals surface area (Å²) in [5, 5.41) is 6.69. The van der Waals surface area contributed by atoms with Gasteiger partial charge in [-0.15, -0.1) is 11.3 Å². The molecular weight excluding hydrogens is 218 g/mol. The zero-order valence-corrected chi connectivity index (χ0v) is 10.2. The predicted octanol–water partition coefficient (Wildman–Crippen LogP) is 2.61. The van der Waals surface area contributed by atoms with Crippen LogP contribution in [-0.4, -0.2) is 9.78 Å². The van der Waals surface area contributed by atoms with Crippen molar-refractivity contribution in [3.05, 3.63) is 21.9 Å². The molecule has 0 unspecified atom stereocenters. The van der Waals surface area contributed by atoms with E-state index in [-0.39, 0.29) is 0 Å². The maximum absolute atomic E-state index is 5.83. The normalized spacial score (nSPS) is 15.1. The second-order valence-corrected chi connectivity index (χ2v) is 5.30. The summed E-state index contributed by atoms with van der Waals surface area (Å²) in [4.78, 5) is 1.55. The van der Waals surface area contributed by atoms with Gasteiger partial charge in [-0.25, -0.2) is 0 Å². The highest BCUT2D eigenvalue weighted by molar-refractivity contribution is 7.10. The third-order valence-corrected chi connectivity index (χ3v) is 4.34.